The minimum Gasteiger partial charge on any atom is -0.469 e. The molecule has 27 heavy (non-hydrogen) atoms. The van der Waals surface area contributed by atoms with Crippen molar-refractivity contribution in [2.45, 2.75) is 26.9 Å². The Morgan fingerprint density at radius 3 is 2.89 bits per heavy atom. The standard InChI is InChI=1S/C18H26N6O2S/c1-12-10-24(11-15(12)17(25)26-4)18(19-8-14-6-5-7-27-14)20-9-16-22-21-13(2)23(16)3/h5-7,12,15H,8-11H2,1-4H3,(H,19,20). The third kappa shape index (κ3) is 4.47. The minimum atomic E-state index is -0.161. The van der Waals surface area contributed by atoms with Crippen molar-refractivity contribution in [3.05, 3.63) is 34.0 Å². The number of likely N-dealkylation sites (tertiary alicyclic amines) is 1. The number of aliphatic imine (C=N–C) groups is 1. The molecule has 146 valence electrons. The number of thiophene rings is 1. The highest BCUT2D eigenvalue weighted by Gasteiger charge is 2.37. The Balaban J connectivity index is 1.75. The van der Waals surface area contributed by atoms with E-state index in [1.165, 1.54) is 12.0 Å². The van der Waals surface area contributed by atoms with Crippen LogP contribution in [0.15, 0.2) is 22.5 Å². The molecule has 2 aromatic rings. The third-order valence-corrected chi connectivity index (χ3v) is 5.85. The second kappa shape index (κ2) is 8.51. The molecular formula is C18H26N6O2S. The van der Waals surface area contributed by atoms with Gasteiger partial charge in [-0.1, -0.05) is 13.0 Å². The minimum absolute atomic E-state index is 0.138. The lowest BCUT2D eigenvalue weighted by Gasteiger charge is -2.22. The van der Waals surface area contributed by atoms with Crippen LogP contribution in [0.4, 0.5) is 0 Å². The average Bonchev–Trinajstić information content (AvgIpc) is 3.38. The molecule has 3 rings (SSSR count). The molecule has 1 aliphatic rings. The predicted octanol–water partition coefficient (Wildman–Crippen LogP) is 1.57. The molecule has 0 aromatic carbocycles. The van der Waals surface area contributed by atoms with Gasteiger partial charge in [-0.2, -0.15) is 0 Å². The van der Waals surface area contributed by atoms with E-state index in [-0.39, 0.29) is 17.8 Å². The van der Waals surface area contributed by atoms with Gasteiger partial charge in [0.1, 0.15) is 12.4 Å². The number of aryl methyl sites for hydroxylation is 1. The van der Waals surface area contributed by atoms with Crippen molar-refractivity contribution in [2.75, 3.05) is 20.2 Å². The summed E-state index contributed by atoms with van der Waals surface area (Å²) in [5.74, 6) is 2.35. The SMILES string of the molecule is COC(=O)C1CN(C(=NCc2nnc(C)n2C)NCc2cccs2)CC1C. The molecule has 2 unspecified atom stereocenters. The van der Waals surface area contributed by atoms with Crippen molar-refractivity contribution in [3.63, 3.8) is 0 Å². The quantitative estimate of drug-likeness (QED) is 0.474. The molecule has 0 radical (unpaired) electrons. The van der Waals surface area contributed by atoms with Gasteiger partial charge in [-0.3, -0.25) is 4.79 Å². The number of hydrogen-bond donors (Lipinski definition) is 1. The van der Waals surface area contributed by atoms with Gasteiger partial charge in [0.15, 0.2) is 11.8 Å². The first-order chi connectivity index (χ1) is 13.0. The van der Waals surface area contributed by atoms with Gasteiger partial charge in [0.2, 0.25) is 0 Å². The van der Waals surface area contributed by atoms with E-state index in [0.717, 1.165) is 24.2 Å². The number of carbonyl (C=O) groups is 1. The summed E-state index contributed by atoms with van der Waals surface area (Å²) in [6, 6.07) is 4.12. The van der Waals surface area contributed by atoms with Crippen molar-refractivity contribution >= 4 is 23.3 Å². The van der Waals surface area contributed by atoms with Gasteiger partial charge < -0.3 is 19.5 Å². The summed E-state index contributed by atoms with van der Waals surface area (Å²) in [7, 11) is 3.38. The number of nitrogens with zero attached hydrogens (tertiary/aromatic N) is 5. The number of hydrogen-bond acceptors (Lipinski definition) is 6. The first kappa shape index (κ1) is 19.3. The smallest absolute Gasteiger partial charge is 0.310 e. The monoisotopic (exact) mass is 390 g/mol. The zero-order valence-electron chi connectivity index (χ0n) is 16.2. The zero-order chi connectivity index (χ0) is 19.4. The summed E-state index contributed by atoms with van der Waals surface area (Å²) in [6.45, 7) is 6.47. The van der Waals surface area contributed by atoms with Crippen LogP contribution in [0.25, 0.3) is 0 Å². The molecule has 1 saturated heterocycles. The Bertz CT molecular complexity index is 801. The maximum Gasteiger partial charge on any atom is 0.310 e. The molecule has 9 heteroatoms. The first-order valence-corrected chi connectivity index (χ1v) is 9.86. The van der Waals surface area contributed by atoms with E-state index in [1.807, 2.05) is 24.6 Å². The second-order valence-corrected chi connectivity index (χ2v) is 7.84. The maximum absolute atomic E-state index is 12.0. The van der Waals surface area contributed by atoms with E-state index in [4.69, 9.17) is 9.73 Å². The summed E-state index contributed by atoms with van der Waals surface area (Å²) in [4.78, 5) is 20.2. The van der Waals surface area contributed by atoms with Crippen molar-refractivity contribution in [2.24, 2.45) is 23.9 Å². The summed E-state index contributed by atoms with van der Waals surface area (Å²) >= 11 is 1.70. The van der Waals surface area contributed by atoms with Gasteiger partial charge in [-0.15, -0.1) is 21.5 Å². The molecule has 1 aliphatic heterocycles. The van der Waals surface area contributed by atoms with E-state index >= 15 is 0 Å². The van der Waals surface area contributed by atoms with Crippen LogP contribution in [0.2, 0.25) is 0 Å². The topological polar surface area (TPSA) is 84.6 Å². The Hall–Kier alpha value is -2.42. The molecule has 0 aliphatic carbocycles. The lowest BCUT2D eigenvalue weighted by atomic mass is 9.99. The van der Waals surface area contributed by atoms with Crippen LogP contribution in [0.1, 0.15) is 23.4 Å². The highest BCUT2D eigenvalue weighted by Crippen LogP contribution is 2.24. The summed E-state index contributed by atoms with van der Waals surface area (Å²) in [5.41, 5.74) is 0. The number of ether oxygens (including phenoxy) is 1. The lowest BCUT2D eigenvalue weighted by Crippen LogP contribution is -2.40. The van der Waals surface area contributed by atoms with Crippen LogP contribution in [-0.2, 0) is 29.7 Å². The van der Waals surface area contributed by atoms with Crippen LogP contribution < -0.4 is 5.32 Å². The summed E-state index contributed by atoms with van der Waals surface area (Å²) in [6.07, 6.45) is 0. The fraction of sp³-hybridized carbons (Fsp3) is 0.556. The molecule has 1 fully saturated rings. The number of guanidine groups is 1. The van der Waals surface area contributed by atoms with E-state index in [9.17, 15) is 4.79 Å². The molecule has 3 heterocycles. The second-order valence-electron chi connectivity index (χ2n) is 6.81. The van der Waals surface area contributed by atoms with E-state index in [2.05, 4.69) is 38.8 Å². The molecule has 0 amide bonds. The predicted molar refractivity (Wildman–Crippen MR) is 104 cm³/mol. The molecule has 1 N–H and O–H groups in total. The summed E-state index contributed by atoms with van der Waals surface area (Å²) in [5, 5.41) is 13.8. The fourth-order valence-electron chi connectivity index (χ4n) is 3.18. The van der Waals surface area contributed by atoms with Crippen LogP contribution in [0, 0.1) is 18.8 Å². The number of carbonyl (C=O) groups excluding carboxylic acids is 1. The van der Waals surface area contributed by atoms with Crippen LogP contribution in [0.5, 0.6) is 0 Å². The van der Waals surface area contributed by atoms with Gasteiger partial charge >= 0.3 is 5.97 Å². The molecule has 8 nitrogen and oxygen atoms in total. The number of rotatable bonds is 5. The van der Waals surface area contributed by atoms with Crippen molar-refractivity contribution in [1.82, 2.24) is 25.0 Å². The largest absolute Gasteiger partial charge is 0.469 e. The molecule has 2 atom stereocenters. The molecule has 0 bridgehead atoms. The third-order valence-electron chi connectivity index (χ3n) is 4.97. The number of esters is 1. The molecule has 0 saturated carbocycles. The number of methoxy groups -OCH3 is 1. The Labute approximate surface area is 163 Å². The van der Waals surface area contributed by atoms with Gasteiger partial charge in [-0.05, 0) is 24.3 Å². The molecule has 0 spiro atoms. The Morgan fingerprint density at radius 1 is 1.44 bits per heavy atom. The molecular weight excluding hydrogens is 364 g/mol. The number of nitrogens with one attached hydrogen (secondary N) is 1. The summed E-state index contributed by atoms with van der Waals surface area (Å²) < 4.78 is 6.89. The van der Waals surface area contributed by atoms with Gasteiger partial charge in [0.25, 0.3) is 0 Å². The van der Waals surface area contributed by atoms with Gasteiger partial charge in [0.05, 0.1) is 19.6 Å². The van der Waals surface area contributed by atoms with Crippen LogP contribution in [0.3, 0.4) is 0 Å². The van der Waals surface area contributed by atoms with E-state index < -0.39 is 0 Å². The zero-order valence-corrected chi connectivity index (χ0v) is 17.0. The average molecular weight is 391 g/mol. The number of aromatic nitrogens is 3. The van der Waals surface area contributed by atoms with Crippen LogP contribution >= 0.6 is 11.3 Å². The van der Waals surface area contributed by atoms with Crippen molar-refractivity contribution in [1.29, 1.82) is 0 Å². The van der Waals surface area contributed by atoms with Crippen molar-refractivity contribution < 1.29 is 9.53 Å². The van der Waals surface area contributed by atoms with Crippen LogP contribution in [-0.4, -0.2) is 51.8 Å². The highest BCUT2D eigenvalue weighted by molar-refractivity contribution is 7.09. The lowest BCUT2D eigenvalue weighted by molar-refractivity contribution is -0.145. The Morgan fingerprint density at radius 2 is 2.26 bits per heavy atom. The normalized spacial score (nSPS) is 20.1. The maximum atomic E-state index is 12.0. The Kier molecular flexibility index (Phi) is 6.10. The fourth-order valence-corrected chi connectivity index (χ4v) is 3.82. The highest BCUT2D eigenvalue weighted by atomic mass is 32.1. The van der Waals surface area contributed by atoms with E-state index in [0.29, 0.717) is 19.6 Å². The molecule has 2 aromatic heterocycles. The van der Waals surface area contributed by atoms with Gasteiger partial charge in [-0.25, -0.2) is 4.99 Å². The van der Waals surface area contributed by atoms with E-state index in [1.54, 1.807) is 11.3 Å². The van der Waals surface area contributed by atoms with Gasteiger partial charge in [0, 0.05) is 25.0 Å². The first-order valence-electron chi connectivity index (χ1n) is 8.98. The van der Waals surface area contributed by atoms with Crippen molar-refractivity contribution in [3.8, 4) is 0 Å².